The molecule has 0 radical (unpaired) electrons. The van der Waals surface area contributed by atoms with Gasteiger partial charge >= 0.3 is 0 Å². The molecule has 0 saturated heterocycles. The number of amides is 1. The quantitative estimate of drug-likeness (QED) is 0.305. The lowest BCUT2D eigenvalue weighted by atomic mass is 9.92. The number of benzene rings is 3. The highest BCUT2D eigenvalue weighted by molar-refractivity contribution is 6.50. The third kappa shape index (κ3) is 5.14. The van der Waals surface area contributed by atoms with Crippen molar-refractivity contribution in [2.75, 3.05) is 10.6 Å². The zero-order valence-corrected chi connectivity index (χ0v) is 19.2. The first-order valence-electron chi connectivity index (χ1n) is 10.9. The molecule has 0 heterocycles. The summed E-state index contributed by atoms with van der Waals surface area (Å²) in [5.74, 6) is -3.44. The normalized spacial score (nSPS) is 12.5. The number of hydrogen-bond donors (Lipinski definition) is 2. The summed E-state index contributed by atoms with van der Waals surface area (Å²) in [4.78, 5) is 61.6. The summed E-state index contributed by atoms with van der Waals surface area (Å²) >= 11 is 0. The van der Waals surface area contributed by atoms with Gasteiger partial charge in [-0.15, -0.1) is 0 Å². The molecule has 0 aliphatic heterocycles. The van der Waals surface area contributed by atoms with Gasteiger partial charge in [-0.05, 0) is 49.2 Å². The van der Waals surface area contributed by atoms with Crippen molar-refractivity contribution in [3.63, 3.8) is 0 Å². The van der Waals surface area contributed by atoms with Gasteiger partial charge in [0.2, 0.25) is 17.3 Å². The Balaban J connectivity index is 1.45. The van der Waals surface area contributed by atoms with Gasteiger partial charge < -0.3 is 10.6 Å². The van der Waals surface area contributed by atoms with Crippen LogP contribution >= 0.6 is 0 Å². The second kappa shape index (κ2) is 9.69. The van der Waals surface area contributed by atoms with Crippen molar-refractivity contribution < 1.29 is 24.0 Å². The third-order valence-electron chi connectivity index (χ3n) is 5.76. The number of allylic oxidation sites excluding steroid dienone is 1. The highest BCUT2D eigenvalue weighted by Gasteiger charge is 2.25. The summed E-state index contributed by atoms with van der Waals surface area (Å²) in [6.07, 6.45) is 0.637. The molecule has 0 fully saturated rings. The molecule has 0 spiro atoms. The van der Waals surface area contributed by atoms with Crippen molar-refractivity contribution >= 4 is 46.1 Å². The molecule has 3 aromatic carbocycles. The van der Waals surface area contributed by atoms with Crippen LogP contribution in [0.3, 0.4) is 0 Å². The molecule has 35 heavy (non-hydrogen) atoms. The average Bonchev–Trinajstić information content (AvgIpc) is 2.84. The maximum atomic E-state index is 12.7. The number of aryl methyl sites for hydroxylation is 2. The first kappa shape index (κ1) is 23.5. The lowest BCUT2D eigenvalue weighted by molar-refractivity contribution is -0.134. The second-order valence-electron chi connectivity index (χ2n) is 8.28. The van der Waals surface area contributed by atoms with Gasteiger partial charge in [-0.3, -0.25) is 24.0 Å². The SMILES string of the molecule is Cc1ccc(NC(=O)C(=O)CC(=O)c2cccc(NC3=CC(=O)C(=O)c4ccccc43)c2)cc1C. The fraction of sp³-hybridized carbons (Fsp3) is 0.107. The van der Waals surface area contributed by atoms with Crippen LogP contribution in [0.15, 0.2) is 72.8 Å². The van der Waals surface area contributed by atoms with Crippen molar-refractivity contribution in [3.05, 3.63) is 101 Å². The molecule has 1 aliphatic carbocycles. The summed E-state index contributed by atoms with van der Waals surface area (Å²) in [6, 6.07) is 18.4. The van der Waals surface area contributed by atoms with Crippen LogP contribution in [-0.2, 0) is 14.4 Å². The third-order valence-corrected chi connectivity index (χ3v) is 5.76. The van der Waals surface area contributed by atoms with Crippen LogP contribution in [-0.4, -0.2) is 29.0 Å². The molecule has 1 aliphatic rings. The lowest BCUT2D eigenvalue weighted by Gasteiger charge is -2.18. The van der Waals surface area contributed by atoms with Crippen molar-refractivity contribution in [3.8, 4) is 0 Å². The van der Waals surface area contributed by atoms with E-state index < -0.39 is 35.5 Å². The zero-order valence-electron chi connectivity index (χ0n) is 19.2. The molecular formula is C28H22N2O5. The predicted octanol–water partition coefficient (Wildman–Crippen LogP) is 4.30. The predicted molar refractivity (Wildman–Crippen MR) is 132 cm³/mol. The van der Waals surface area contributed by atoms with Crippen LogP contribution in [0.2, 0.25) is 0 Å². The maximum Gasteiger partial charge on any atom is 0.292 e. The lowest BCUT2D eigenvalue weighted by Crippen LogP contribution is -2.25. The Kier molecular flexibility index (Phi) is 6.51. The van der Waals surface area contributed by atoms with E-state index in [1.54, 1.807) is 54.6 Å². The average molecular weight is 466 g/mol. The molecule has 0 aromatic heterocycles. The fourth-order valence-corrected chi connectivity index (χ4v) is 3.70. The number of hydrogen-bond acceptors (Lipinski definition) is 6. The first-order chi connectivity index (χ1) is 16.7. The Morgan fingerprint density at radius 1 is 0.771 bits per heavy atom. The Hall–Kier alpha value is -4.65. The van der Waals surface area contributed by atoms with Gasteiger partial charge in [0, 0.05) is 34.1 Å². The van der Waals surface area contributed by atoms with Crippen molar-refractivity contribution in [2.45, 2.75) is 20.3 Å². The molecule has 3 aromatic rings. The van der Waals surface area contributed by atoms with Crippen LogP contribution in [0, 0.1) is 13.8 Å². The van der Waals surface area contributed by atoms with Gasteiger partial charge in [-0.1, -0.05) is 42.5 Å². The summed E-state index contributed by atoms with van der Waals surface area (Å²) < 4.78 is 0. The van der Waals surface area contributed by atoms with Gasteiger partial charge in [-0.2, -0.15) is 0 Å². The van der Waals surface area contributed by atoms with E-state index in [0.29, 0.717) is 28.2 Å². The smallest absolute Gasteiger partial charge is 0.292 e. The highest BCUT2D eigenvalue weighted by atomic mass is 16.2. The van der Waals surface area contributed by atoms with E-state index in [1.807, 2.05) is 19.9 Å². The molecule has 2 N–H and O–H groups in total. The van der Waals surface area contributed by atoms with Crippen molar-refractivity contribution in [2.24, 2.45) is 0 Å². The number of ketones is 4. The fourth-order valence-electron chi connectivity index (χ4n) is 3.70. The molecule has 0 bridgehead atoms. The standard InChI is InChI=1S/C28H22N2O5/c1-16-10-11-20(12-17(16)2)30-28(35)26(33)15-24(31)18-6-5-7-19(13-18)29-23-14-25(32)27(34)22-9-4-3-8-21(22)23/h3-14,29H,15H2,1-2H3,(H,30,35). The van der Waals surface area contributed by atoms with E-state index in [9.17, 15) is 24.0 Å². The van der Waals surface area contributed by atoms with E-state index in [4.69, 9.17) is 0 Å². The molecular weight excluding hydrogens is 444 g/mol. The van der Waals surface area contributed by atoms with Gasteiger partial charge in [-0.25, -0.2) is 0 Å². The number of carbonyl (C=O) groups is 5. The Bertz CT molecular complexity index is 1430. The maximum absolute atomic E-state index is 12.7. The van der Waals surface area contributed by atoms with Gasteiger partial charge in [0.15, 0.2) is 5.78 Å². The summed E-state index contributed by atoms with van der Waals surface area (Å²) in [6.45, 7) is 3.84. The van der Waals surface area contributed by atoms with E-state index in [1.165, 1.54) is 12.1 Å². The number of anilines is 2. The van der Waals surface area contributed by atoms with Crippen molar-refractivity contribution in [1.29, 1.82) is 0 Å². The van der Waals surface area contributed by atoms with Crippen molar-refractivity contribution in [1.82, 2.24) is 0 Å². The van der Waals surface area contributed by atoms with Gasteiger partial charge in [0.25, 0.3) is 5.91 Å². The molecule has 0 unspecified atom stereocenters. The number of nitrogens with one attached hydrogen (secondary N) is 2. The molecule has 7 nitrogen and oxygen atoms in total. The summed E-state index contributed by atoms with van der Waals surface area (Å²) in [7, 11) is 0. The topological polar surface area (TPSA) is 109 Å². The highest BCUT2D eigenvalue weighted by Crippen LogP contribution is 2.27. The molecule has 4 rings (SSSR count). The minimum Gasteiger partial charge on any atom is -0.355 e. The van der Waals surface area contributed by atoms with E-state index in [0.717, 1.165) is 11.1 Å². The molecule has 1 amide bonds. The molecule has 174 valence electrons. The Labute approximate surface area is 201 Å². The molecule has 0 saturated carbocycles. The van der Waals surface area contributed by atoms with E-state index >= 15 is 0 Å². The number of carbonyl (C=O) groups excluding carboxylic acids is 5. The second-order valence-corrected chi connectivity index (χ2v) is 8.28. The minimum absolute atomic E-state index is 0.231. The van der Waals surface area contributed by atoms with Crippen LogP contribution in [0.4, 0.5) is 11.4 Å². The first-order valence-corrected chi connectivity index (χ1v) is 10.9. The van der Waals surface area contributed by atoms with Gasteiger partial charge in [0.1, 0.15) is 0 Å². The van der Waals surface area contributed by atoms with E-state index in [2.05, 4.69) is 10.6 Å². The molecule has 0 atom stereocenters. The van der Waals surface area contributed by atoms with Crippen LogP contribution in [0.1, 0.15) is 43.8 Å². The van der Waals surface area contributed by atoms with Crippen LogP contribution in [0.25, 0.3) is 5.70 Å². The van der Waals surface area contributed by atoms with Crippen LogP contribution in [0.5, 0.6) is 0 Å². The Morgan fingerprint density at radius 3 is 2.26 bits per heavy atom. The molecule has 7 heteroatoms. The largest absolute Gasteiger partial charge is 0.355 e. The number of fused-ring (bicyclic) bond motifs is 1. The number of Topliss-reactive ketones (excluding diaryl/α,β-unsaturated/α-hetero) is 3. The van der Waals surface area contributed by atoms with Crippen LogP contribution < -0.4 is 10.6 Å². The summed E-state index contributed by atoms with van der Waals surface area (Å²) in [5.41, 5.74) is 4.54. The monoisotopic (exact) mass is 466 g/mol. The summed E-state index contributed by atoms with van der Waals surface area (Å²) in [5, 5.41) is 5.60. The van der Waals surface area contributed by atoms with Gasteiger partial charge in [0.05, 0.1) is 12.1 Å². The zero-order chi connectivity index (χ0) is 25.1. The van der Waals surface area contributed by atoms with E-state index in [-0.39, 0.29) is 5.56 Å². The minimum atomic E-state index is -0.858. The Morgan fingerprint density at radius 2 is 1.51 bits per heavy atom. The number of rotatable bonds is 7.